The lowest BCUT2D eigenvalue weighted by molar-refractivity contribution is -0.134. The van der Waals surface area contributed by atoms with Gasteiger partial charge in [0.2, 0.25) is 11.8 Å². The van der Waals surface area contributed by atoms with Crippen molar-refractivity contribution in [1.29, 1.82) is 0 Å². The molecule has 4 aromatic rings. The van der Waals surface area contributed by atoms with E-state index in [1.54, 1.807) is 30.9 Å². The highest BCUT2D eigenvalue weighted by Gasteiger charge is 2.32. The van der Waals surface area contributed by atoms with Gasteiger partial charge in [-0.1, -0.05) is 79.7 Å². The molecule has 0 saturated carbocycles. The third-order valence-electron chi connectivity index (χ3n) is 8.20. The highest BCUT2D eigenvalue weighted by Crippen LogP contribution is 2.31. The zero-order valence-corrected chi connectivity index (χ0v) is 26.1. The van der Waals surface area contributed by atoms with E-state index in [9.17, 15) is 14.4 Å². The summed E-state index contributed by atoms with van der Waals surface area (Å²) in [7, 11) is 0. The Labute approximate surface area is 263 Å². The highest BCUT2D eigenvalue weighted by molar-refractivity contribution is 5.98. The van der Waals surface area contributed by atoms with Crippen LogP contribution in [-0.4, -0.2) is 63.4 Å². The van der Waals surface area contributed by atoms with Crippen molar-refractivity contribution in [2.24, 2.45) is 11.7 Å². The molecule has 3 amide bonds. The molecule has 4 N–H and O–H groups in total. The van der Waals surface area contributed by atoms with Crippen LogP contribution in [0, 0.1) is 5.92 Å². The third kappa shape index (κ3) is 7.95. The second-order valence-corrected chi connectivity index (χ2v) is 12.4. The molecule has 0 unspecified atom stereocenters. The summed E-state index contributed by atoms with van der Waals surface area (Å²) < 4.78 is 7.56. The number of amides is 3. The van der Waals surface area contributed by atoms with Crippen molar-refractivity contribution in [3.05, 3.63) is 96.4 Å². The van der Waals surface area contributed by atoms with Crippen LogP contribution in [0.2, 0.25) is 0 Å². The quantitative estimate of drug-likeness (QED) is 0.233. The number of ether oxygens (including phenoxy) is 1. The van der Waals surface area contributed by atoms with Crippen LogP contribution in [0.3, 0.4) is 0 Å². The first-order valence-corrected chi connectivity index (χ1v) is 15.4. The second-order valence-electron chi connectivity index (χ2n) is 12.4. The molecule has 1 fully saturated rings. The Morgan fingerprint density at radius 1 is 1.00 bits per heavy atom. The van der Waals surface area contributed by atoms with Gasteiger partial charge in [-0.25, -0.2) is 4.98 Å². The smallest absolute Gasteiger partial charge is 0.250 e. The van der Waals surface area contributed by atoms with Crippen LogP contribution in [0.25, 0.3) is 10.8 Å². The Bertz CT molecular complexity index is 1620. The predicted molar refractivity (Wildman–Crippen MR) is 174 cm³/mol. The molecule has 0 aliphatic carbocycles. The Balaban J connectivity index is 1.38. The Morgan fingerprint density at radius 3 is 2.42 bits per heavy atom. The van der Waals surface area contributed by atoms with E-state index < -0.39 is 29.4 Å². The van der Waals surface area contributed by atoms with Gasteiger partial charge in [0.25, 0.3) is 5.91 Å². The van der Waals surface area contributed by atoms with Crippen LogP contribution in [-0.2, 0) is 25.7 Å². The van der Waals surface area contributed by atoms with Gasteiger partial charge in [-0.05, 0) is 54.5 Å². The summed E-state index contributed by atoms with van der Waals surface area (Å²) >= 11 is 0. The minimum Gasteiger partial charge on any atom is -0.374 e. The molecule has 1 saturated heterocycles. The normalized spacial score (nSPS) is 15.4. The number of piperidine rings is 1. The average Bonchev–Trinajstić information content (AvgIpc) is 3.48. The van der Waals surface area contributed by atoms with Gasteiger partial charge in [0.15, 0.2) is 5.82 Å². The number of anilines is 1. The average molecular weight is 611 g/mol. The fraction of sp³-hybridized carbons (Fsp3) is 0.371. The van der Waals surface area contributed by atoms with Gasteiger partial charge in [0.05, 0.1) is 25.1 Å². The minimum absolute atomic E-state index is 0.0156. The van der Waals surface area contributed by atoms with Crippen molar-refractivity contribution >= 4 is 34.3 Å². The number of rotatable bonds is 11. The molecule has 3 aromatic carbocycles. The van der Waals surface area contributed by atoms with Crippen LogP contribution in [0.5, 0.6) is 0 Å². The molecule has 2 heterocycles. The van der Waals surface area contributed by atoms with E-state index in [-0.39, 0.29) is 24.9 Å². The van der Waals surface area contributed by atoms with Gasteiger partial charge < -0.3 is 30.6 Å². The number of hydrogen-bond donors (Lipinski definition) is 3. The number of carbonyl (C=O) groups is 3. The molecule has 45 heavy (non-hydrogen) atoms. The number of benzene rings is 3. The second kappa shape index (κ2) is 14.0. The lowest BCUT2D eigenvalue weighted by atomic mass is 9.95. The molecule has 2 atom stereocenters. The number of imidazole rings is 1. The molecule has 1 aliphatic rings. The van der Waals surface area contributed by atoms with Crippen LogP contribution < -0.4 is 16.4 Å². The number of carbonyl (C=O) groups excluding carboxylic acids is 3. The first-order valence-electron chi connectivity index (χ1n) is 15.4. The number of nitrogens with zero attached hydrogens (tertiary/aromatic N) is 3. The van der Waals surface area contributed by atoms with E-state index in [2.05, 4.69) is 22.5 Å². The molecule has 10 heteroatoms. The summed E-state index contributed by atoms with van der Waals surface area (Å²) in [5, 5.41) is 7.52. The van der Waals surface area contributed by atoms with Gasteiger partial charge in [-0.2, -0.15) is 0 Å². The van der Waals surface area contributed by atoms with Crippen LogP contribution in [0.1, 0.15) is 50.8 Å². The maximum absolute atomic E-state index is 14.2. The Morgan fingerprint density at radius 2 is 1.69 bits per heavy atom. The van der Waals surface area contributed by atoms with Gasteiger partial charge in [0.1, 0.15) is 12.1 Å². The van der Waals surface area contributed by atoms with Crippen LogP contribution >= 0.6 is 0 Å². The summed E-state index contributed by atoms with van der Waals surface area (Å²) in [6, 6.07) is 21.8. The summed E-state index contributed by atoms with van der Waals surface area (Å²) in [5.41, 5.74) is 6.59. The molecule has 0 radical (unpaired) electrons. The summed E-state index contributed by atoms with van der Waals surface area (Å²) in [4.78, 5) is 46.7. The number of aromatic nitrogens is 2. The third-order valence-corrected chi connectivity index (χ3v) is 8.20. The van der Waals surface area contributed by atoms with E-state index in [0.717, 1.165) is 34.7 Å². The first-order chi connectivity index (χ1) is 21.6. The minimum atomic E-state index is -1.20. The lowest BCUT2D eigenvalue weighted by Gasteiger charge is -2.33. The monoisotopic (exact) mass is 610 g/mol. The highest BCUT2D eigenvalue weighted by atomic mass is 16.5. The van der Waals surface area contributed by atoms with E-state index in [4.69, 9.17) is 10.5 Å². The molecule has 236 valence electrons. The SMILES string of the molecule is CC1CCN(C(=O)[C@H](c2cccc3ccccc23)n2cnc(NC(=O)[C@@H](COCc3ccccc3)NC(=O)C(C)(C)N)c2)CC1. The van der Waals surface area contributed by atoms with Gasteiger partial charge >= 0.3 is 0 Å². The zero-order valence-electron chi connectivity index (χ0n) is 26.1. The lowest BCUT2D eigenvalue weighted by Crippen LogP contribution is -2.56. The van der Waals surface area contributed by atoms with Crippen molar-refractivity contribution in [2.75, 3.05) is 25.0 Å². The van der Waals surface area contributed by atoms with E-state index in [1.807, 2.05) is 77.7 Å². The van der Waals surface area contributed by atoms with Crippen molar-refractivity contribution in [1.82, 2.24) is 19.8 Å². The predicted octanol–water partition coefficient (Wildman–Crippen LogP) is 4.26. The maximum atomic E-state index is 14.2. The van der Waals surface area contributed by atoms with E-state index >= 15 is 0 Å². The van der Waals surface area contributed by atoms with Crippen molar-refractivity contribution in [3.8, 4) is 0 Å². The maximum Gasteiger partial charge on any atom is 0.250 e. The van der Waals surface area contributed by atoms with E-state index in [0.29, 0.717) is 19.0 Å². The number of fused-ring (bicyclic) bond motifs is 1. The molecule has 0 bridgehead atoms. The summed E-state index contributed by atoms with van der Waals surface area (Å²) in [6.45, 7) is 6.93. The largest absolute Gasteiger partial charge is 0.374 e. The van der Waals surface area contributed by atoms with Crippen molar-refractivity contribution in [2.45, 2.75) is 57.8 Å². The van der Waals surface area contributed by atoms with Gasteiger partial charge in [-0.15, -0.1) is 0 Å². The number of nitrogens with one attached hydrogen (secondary N) is 2. The van der Waals surface area contributed by atoms with Crippen LogP contribution in [0.4, 0.5) is 5.82 Å². The number of likely N-dealkylation sites (tertiary alicyclic amines) is 1. The molecular weight excluding hydrogens is 568 g/mol. The number of nitrogens with two attached hydrogens (primary N) is 1. The molecule has 1 aliphatic heterocycles. The van der Waals surface area contributed by atoms with Gasteiger partial charge in [-0.3, -0.25) is 14.4 Å². The zero-order chi connectivity index (χ0) is 32.0. The number of hydrogen-bond acceptors (Lipinski definition) is 6. The molecule has 0 spiro atoms. The molecule has 1 aromatic heterocycles. The van der Waals surface area contributed by atoms with Crippen molar-refractivity contribution in [3.63, 3.8) is 0 Å². The standard InChI is InChI=1S/C35H42N6O4/c1-24-16-18-40(19-17-24)33(43)31(28-15-9-13-26-12-7-8-14-27(26)28)41-20-30(37-23-41)39-32(42)29(38-34(44)35(2,3)36)22-45-21-25-10-5-4-6-11-25/h4-15,20,23-24,29,31H,16-19,21-22,36H2,1-3H3,(H,38,44)(H,39,42)/t29-,31+/m1/s1. The summed E-state index contributed by atoms with van der Waals surface area (Å²) in [5.74, 6) is -0.189. The first kappa shape index (κ1) is 31.9. The van der Waals surface area contributed by atoms with Gasteiger partial charge in [0, 0.05) is 19.3 Å². The molecule has 5 rings (SSSR count). The fourth-order valence-electron chi connectivity index (χ4n) is 5.46. The van der Waals surface area contributed by atoms with E-state index in [1.165, 1.54) is 0 Å². The van der Waals surface area contributed by atoms with Crippen LogP contribution in [0.15, 0.2) is 85.3 Å². The fourth-order valence-corrected chi connectivity index (χ4v) is 5.46. The Hall–Kier alpha value is -4.54. The van der Waals surface area contributed by atoms with Crippen molar-refractivity contribution < 1.29 is 19.1 Å². The summed E-state index contributed by atoms with van der Waals surface area (Å²) in [6.07, 6.45) is 5.14. The molecule has 10 nitrogen and oxygen atoms in total. The molecular formula is C35H42N6O4. The Kier molecular flexibility index (Phi) is 9.95. The topological polar surface area (TPSA) is 132 Å².